The molecule has 1 fully saturated rings. The van der Waals surface area contributed by atoms with Crippen LogP contribution in [-0.4, -0.2) is 33.4 Å². The monoisotopic (exact) mass is 515 g/mol. The molecule has 1 aliphatic carbocycles. The van der Waals surface area contributed by atoms with E-state index in [9.17, 15) is 26.7 Å². The van der Waals surface area contributed by atoms with Crippen LogP contribution in [0.4, 0.5) is 18.9 Å². The van der Waals surface area contributed by atoms with E-state index in [2.05, 4.69) is 5.92 Å². The van der Waals surface area contributed by atoms with E-state index < -0.39 is 27.4 Å². The molecule has 3 aromatic carbocycles. The lowest BCUT2D eigenvalue weighted by atomic mass is 9.91. The first kappa shape index (κ1) is 25.6. The molecule has 0 aromatic heterocycles. The molecule has 1 atom stereocenters. The molecule has 1 unspecified atom stereocenters. The van der Waals surface area contributed by atoms with Gasteiger partial charge >= 0.3 is 6.18 Å². The molecular formula is C27H24F3NO4S. The van der Waals surface area contributed by atoms with Gasteiger partial charge in [-0.15, -0.1) is 0 Å². The van der Waals surface area contributed by atoms with Crippen molar-refractivity contribution in [3.63, 3.8) is 0 Å². The van der Waals surface area contributed by atoms with Crippen LogP contribution in [0.2, 0.25) is 0 Å². The standard InChI is InChI=1S/C27H24F3NO4S/c1-35-22-15-13-20(14-16-22)17-18-26(32,27(28,29)30)24-9-5-6-10-25(24)31(19-21-11-12-21)36(33,34)23-7-3-2-4-8-23/h2-10,13-16,21,32H,11-12,19H2,1H3. The molecule has 1 aliphatic rings. The van der Waals surface area contributed by atoms with Gasteiger partial charge in [0.25, 0.3) is 15.6 Å². The van der Waals surface area contributed by atoms with Crippen molar-refractivity contribution < 1.29 is 31.4 Å². The Balaban J connectivity index is 1.86. The first-order chi connectivity index (χ1) is 17.1. The van der Waals surface area contributed by atoms with Crippen LogP contribution in [0.25, 0.3) is 0 Å². The van der Waals surface area contributed by atoms with Crippen LogP contribution in [0.15, 0.2) is 83.8 Å². The summed E-state index contributed by atoms with van der Waals surface area (Å²) in [7, 11) is -2.76. The summed E-state index contributed by atoms with van der Waals surface area (Å²) in [6.07, 6.45) is -3.68. The van der Waals surface area contributed by atoms with E-state index in [1.54, 1.807) is 18.2 Å². The minimum atomic E-state index is -5.22. The molecule has 3 aromatic rings. The third kappa shape index (κ3) is 5.20. The number of para-hydroxylation sites is 1. The highest BCUT2D eigenvalue weighted by Crippen LogP contribution is 2.44. The first-order valence-corrected chi connectivity index (χ1v) is 12.6. The zero-order valence-corrected chi connectivity index (χ0v) is 20.2. The molecule has 0 spiro atoms. The molecule has 0 heterocycles. The Morgan fingerprint density at radius 1 is 0.972 bits per heavy atom. The van der Waals surface area contributed by atoms with E-state index in [1.807, 2.05) is 5.92 Å². The van der Waals surface area contributed by atoms with Gasteiger partial charge in [0.05, 0.1) is 17.7 Å². The van der Waals surface area contributed by atoms with Crippen molar-refractivity contribution in [1.29, 1.82) is 0 Å². The van der Waals surface area contributed by atoms with Crippen molar-refractivity contribution in [2.45, 2.75) is 29.5 Å². The van der Waals surface area contributed by atoms with E-state index >= 15 is 0 Å². The fourth-order valence-electron chi connectivity index (χ4n) is 3.71. The lowest BCUT2D eigenvalue weighted by molar-refractivity contribution is -0.240. The number of methoxy groups -OCH3 is 1. The van der Waals surface area contributed by atoms with Gasteiger partial charge in [-0.3, -0.25) is 4.31 Å². The molecule has 0 amide bonds. The summed E-state index contributed by atoms with van der Waals surface area (Å²) in [5.74, 6) is 4.88. The highest BCUT2D eigenvalue weighted by molar-refractivity contribution is 7.92. The first-order valence-electron chi connectivity index (χ1n) is 11.2. The van der Waals surface area contributed by atoms with Crippen LogP contribution in [0.1, 0.15) is 24.0 Å². The van der Waals surface area contributed by atoms with Crippen molar-refractivity contribution >= 4 is 15.7 Å². The summed E-state index contributed by atoms with van der Waals surface area (Å²) >= 11 is 0. The summed E-state index contributed by atoms with van der Waals surface area (Å²) in [5.41, 5.74) is -4.32. The van der Waals surface area contributed by atoms with Gasteiger partial charge in [0.15, 0.2) is 0 Å². The van der Waals surface area contributed by atoms with E-state index in [0.717, 1.165) is 23.2 Å². The van der Waals surface area contributed by atoms with Gasteiger partial charge in [-0.05, 0) is 67.1 Å². The number of nitrogens with zero attached hydrogens (tertiary/aromatic N) is 1. The third-order valence-corrected chi connectivity index (χ3v) is 7.70. The van der Waals surface area contributed by atoms with Gasteiger partial charge in [0.1, 0.15) is 5.75 Å². The number of ether oxygens (including phenoxy) is 1. The van der Waals surface area contributed by atoms with Gasteiger partial charge in [-0.1, -0.05) is 42.3 Å². The quantitative estimate of drug-likeness (QED) is 0.445. The summed E-state index contributed by atoms with van der Waals surface area (Å²) in [5, 5.41) is 11.1. The van der Waals surface area contributed by atoms with Gasteiger partial charge in [0.2, 0.25) is 0 Å². The number of hydrogen-bond donors (Lipinski definition) is 1. The number of aliphatic hydroxyl groups is 1. The van der Waals surface area contributed by atoms with Crippen LogP contribution < -0.4 is 9.04 Å². The van der Waals surface area contributed by atoms with Crippen molar-refractivity contribution in [2.24, 2.45) is 5.92 Å². The topological polar surface area (TPSA) is 66.8 Å². The fraction of sp³-hybridized carbons (Fsp3) is 0.259. The second kappa shape index (κ2) is 9.88. The second-order valence-electron chi connectivity index (χ2n) is 8.50. The maximum absolute atomic E-state index is 14.4. The number of halogens is 3. The van der Waals surface area contributed by atoms with Gasteiger partial charge < -0.3 is 9.84 Å². The predicted molar refractivity (Wildman–Crippen MR) is 130 cm³/mol. The smallest absolute Gasteiger partial charge is 0.433 e. The number of sulfonamides is 1. The number of rotatable bonds is 7. The van der Waals surface area contributed by atoms with E-state index in [0.29, 0.717) is 5.75 Å². The van der Waals surface area contributed by atoms with Crippen molar-refractivity contribution in [1.82, 2.24) is 0 Å². The predicted octanol–water partition coefficient (Wildman–Crippen LogP) is 5.10. The molecular weight excluding hydrogens is 491 g/mol. The summed E-state index contributed by atoms with van der Waals surface area (Å²) in [4.78, 5) is -0.0553. The summed E-state index contributed by atoms with van der Waals surface area (Å²) < 4.78 is 76.4. The van der Waals surface area contributed by atoms with Gasteiger partial charge in [-0.2, -0.15) is 13.2 Å². The third-order valence-electron chi connectivity index (χ3n) is 5.90. The normalized spacial score (nSPS) is 15.4. The van der Waals surface area contributed by atoms with Crippen LogP contribution in [0, 0.1) is 17.8 Å². The van der Waals surface area contributed by atoms with E-state index in [4.69, 9.17) is 4.74 Å². The summed E-state index contributed by atoms with van der Waals surface area (Å²) in [6.45, 7) is -0.00587. The number of hydrogen-bond acceptors (Lipinski definition) is 4. The second-order valence-corrected chi connectivity index (χ2v) is 10.4. The minimum absolute atomic E-state index is 0.00587. The molecule has 1 saturated carbocycles. The highest BCUT2D eigenvalue weighted by Gasteiger charge is 2.56. The molecule has 9 heteroatoms. The average molecular weight is 516 g/mol. The maximum Gasteiger partial charge on any atom is 0.433 e. The van der Waals surface area contributed by atoms with Gasteiger partial charge in [-0.25, -0.2) is 8.42 Å². The minimum Gasteiger partial charge on any atom is -0.497 e. The van der Waals surface area contributed by atoms with E-state index in [-0.39, 0.29) is 28.6 Å². The van der Waals surface area contributed by atoms with Crippen molar-refractivity contribution in [3.8, 4) is 17.6 Å². The van der Waals surface area contributed by atoms with Crippen molar-refractivity contribution in [3.05, 3.63) is 90.0 Å². The average Bonchev–Trinajstić information content (AvgIpc) is 3.70. The molecule has 5 nitrogen and oxygen atoms in total. The molecule has 0 saturated heterocycles. The lowest BCUT2D eigenvalue weighted by Crippen LogP contribution is -2.43. The number of anilines is 1. The Hall–Kier alpha value is -3.48. The van der Waals surface area contributed by atoms with Crippen LogP contribution in [0.5, 0.6) is 5.75 Å². The Morgan fingerprint density at radius 3 is 2.17 bits per heavy atom. The Labute approximate surface area is 208 Å². The number of benzene rings is 3. The zero-order chi connectivity index (χ0) is 26.0. The molecule has 36 heavy (non-hydrogen) atoms. The molecule has 1 N–H and O–H groups in total. The summed E-state index contributed by atoms with van der Waals surface area (Å²) in [6, 6.07) is 18.6. The fourth-order valence-corrected chi connectivity index (χ4v) is 5.29. The van der Waals surface area contributed by atoms with Gasteiger partial charge in [0, 0.05) is 17.7 Å². The molecule has 0 aliphatic heterocycles. The van der Waals surface area contributed by atoms with Crippen molar-refractivity contribution in [2.75, 3.05) is 18.0 Å². The SMILES string of the molecule is COc1ccc(C#CC(O)(c2ccccc2N(CC2CC2)S(=O)(=O)c2ccccc2)C(F)(F)F)cc1. The largest absolute Gasteiger partial charge is 0.497 e. The van der Waals surface area contributed by atoms with Crippen LogP contribution in [0.3, 0.4) is 0 Å². The highest BCUT2D eigenvalue weighted by atomic mass is 32.2. The van der Waals surface area contributed by atoms with Crippen LogP contribution in [-0.2, 0) is 15.6 Å². The zero-order valence-electron chi connectivity index (χ0n) is 19.4. The van der Waals surface area contributed by atoms with E-state index in [1.165, 1.54) is 61.7 Å². The molecule has 0 bridgehead atoms. The number of alkyl halides is 3. The molecule has 188 valence electrons. The maximum atomic E-state index is 14.4. The molecule has 0 radical (unpaired) electrons. The lowest BCUT2D eigenvalue weighted by Gasteiger charge is -2.32. The Morgan fingerprint density at radius 2 is 1.58 bits per heavy atom. The Kier molecular flexibility index (Phi) is 7.03. The van der Waals surface area contributed by atoms with Crippen LogP contribution >= 0.6 is 0 Å². The Bertz CT molecular complexity index is 1380. The molecule has 4 rings (SSSR count).